The van der Waals surface area contributed by atoms with Gasteiger partial charge in [0.25, 0.3) is 5.91 Å². The highest BCUT2D eigenvalue weighted by Gasteiger charge is 2.48. The predicted molar refractivity (Wildman–Crippen MR) is 105 cm³/mol. The third-order valence-electron chi connectivity index (χ3n) is 5.59. The lowest BCUT2D eigenvalue weighted by atomic mass is 10.0. The summed E-state index contributed by atoms with van der Waals surface area (Å²) in [5.41, 5.74) is 5.44. The topological polar surface area (TPSA) is 112 Å². The van der Waals surface area contributed by atoms with Crippen molar-refractivity contribution in [2.75, 3.05) is 7.11 Å². The first-order valence-corrected chi connectivity index (χ1v) is 10.9. The minimum atomic E-state index is -3.77. The van der Waals surface area contributed by atoms with E-state index in [0.717, 1.165) is 18.6 Å². The lowest BCUT2D eigenvalue weighted by Crippen LogP contribution is -2.49. The van der Waals surface area contributed by atoms with Gasteiger partial charge in [0.1, 0.15) is 17.6 Å². The number of sulfonamides is 1. The second kappa shape index (κ2) is 7.64. The van der Waals surface area contributed by atoms with E-state index in [4.69, 9.17) is 15.2 Å². The number of ether oxygens (including phenoxy) is 2. The van der Waals surface area contributed by atoms with Crippen LogP contribution in [0.15, 0.2) is 47.6 Å². The van der Waals surface area contributed by atoms with E-state index in [2.05, 4.69) is 4.98 Å². The molecular formula is C20H23N3O5S. The van der Waals surface area contributed by atoms with Gasteiger partial charge in [-0.05, 0) is 43.2 Å². The van der Waals surface area contributed by atoms with Crippen LogP contribution in [0.5, 0.6) is 11.5 Å². The lowest BCUT2D eigenvalue weighted by Gasteiger charge is -2.37. The molecule has 2 bridgehead atoms. The van der Waals surface area contributed by atoms with E-state index in [1.165, 1.54) is 25.3 Å². The number of hydrogen-bond donors (Lipinski definition) is 1. The largest absolute Gasteiger partial charge is 0.496 e. The van der Waals surface area contributed by atoms with Gasteiger partial charge in [-0.2, -0.15) is 4.31 Å². The van der Waals surface area contributed by atoms with Crippen molar-refractivity contribution in [1.29, 1.82) is 0 Å². The highest BCUT2D eigenvalue weighted by atomic mass is 32.2. The fraction of sp³-hybridized carbons (Fsp3) is 0.400. The summed E-state index contributed by atoms with van der Waals surface area (Å²) in [7, 11) is -2.36. The summed E-state index contributed by atoms with van der Waals surface area (Å²) >= 11 is 0. The van der Waals surface area contributed by atoms with E-state index >= 15 is 0 Å². The molecule has 1 aromatic carbocycles. The summed E-state index contributed by atoms with van der Waals surface area (Å²) in [6.07, 6.45) is 6.12. The summed E-state index contributed by atoms with van der Waals surface area (Å²) in [5, 5.41) is 0. The number of nitrogens with zero attached hydrogens (tertiary/aromatic N) is 2. The predicted octanol–water partition coefficient (Wildman–Crippen LogP) is 1.95. The number of benzene rings is 1. The molecule has 0 aliphatic carbocycles. The molecule has 0 saturated carbocycles. The Balaban J connectivity index is 1.58. The van der Waals surface area contributed by atoms with Crippen molar-refractivity contribution in [3.63, 3.8) is 0 Å². The number of rotatable bonds is 6. The molecule has 29 heavy (non-hydrogen) atoms. The number of fused-ring (bicyclic) bond motifs is 2. The summed E-state index contributed by atoms with van der Waals surface area (Å²) in [5.74, 6) is 0.261. The zero-order valence-electron chi connectivity index (χ0n) is 16.0. The minimum absolute atomic E-state index is 0.0432. The van der Waals surface area contributed by atoms with Crippen molar-refractivity contribution in [2.45, 2.75) is 48.8 Å². The van der Waals surface area contributed by atoms with Gasteiger partial charge in [-0.1, -0.05) is 0 Å². The molecule has 2 atom stereocenters. The van der Waals surface area contributed by atoms with E-state index in [1.54, 1.807) is 28.8 Å². The summed E-state index contributed by atoms with van der Waals surface area (Å²) in [4.78, 5) is 15.7. The number of primary amides is 1. The zero-order valence-corrected chi connectivity index (χ0v) is 16.8. The van der Waals surface area contributed by atoms with Crippen LogP contribution >= 0.6 is 0 Å². The molecule has 154 valence electrons. The Labute approximate surface area is 169 Å². The van der Waals surface area contributed by atoms with Gasteiger partial charge in [0.2, 0.25) is 10.0 Å². The molecule has 4 rings (SSSR count). The van der Waals surface area contributed by atoms with E-state index in [9.17, 15) is 13.2 Å². The number of nitrogens with two attached hydrogens (primary N) is 1. The van der Waals surface area contributed by atoms with Crippen molar-refractivity contribution in [3.05, 3.63) is 48.3 Å². The highest BCUT2D eigenvalue weighted by molar-refractivity contribution is 7.89. The molecule has 2 aliphatic heterocycles. The van der Waals surface area contributed by atoms with Gasteiger partial charge in [0.05, 0.1) is 17.6 Å². The first-order valence-electron chi connectivity index (χ1n) is 9.48. The van der Waals surface area contributed by atoms with Gasteiger partial charge >= 0.3 is 0 Å². The second-order valence-corrected chi connectivity index (χ2v) is 9.18. The maximum absolute atomic E-state index is 13.4. The third kappa shape index (κ3) is 3.67. The fourth-order valence-corrected chi connectivity index (χ4v) is 6.26. The van der Waals surface area contributed by atoms with Crippen molar-refractivity contribution in [2.24, 2.45) is 5.73 Å². The molecule has 8 nitrogen and oxygen atoms in total. The second-order valence-electron chi connectivity index (χ2n) is 7.34. The summed E-state index contributed by atoms with van der Waals surface area (Å²) < 4.78 is 39.5. The molecule has 2 aliphatic rings. The quantitative estimate of drug-likeness (QED) is 0.769. The molecule has 2 aromatic rings. The van der Waals surface area contributed by atoms with Gasteiger partial charge < -0.3 is 15.2 Å². The van der Waals surface area contributed by atoms with E-state index in [-0.39, 0.29) is 34.4 Å². The normalized spacial score (nSPS) is 24.2. The number of carbonyl (C=O) groups is 1. The average Bonchev–Trinajstić information content (AvgIpc) is 3.00. The molecule has 0 radical (unpaired) electrons. The van der Waals surface area contributed by atoms with E-state index < -0.39 is 15.9 Å². The number of aromatic nitrogens is 1. The standard InChI is InChI=1S/C20H23N3O5S/c1-27-19-5-4-17(12-18(19)20(21)24)29(25,26)23-13-2-3-14(23)11-16(10-13)28-15-6-8-22-9-7-15/h4-9,12-14,16H,2-3,10-11H2,1H3,(H2,21,24). The van der Waals surface area contributed by atoms with Gasteiger partial charge in [-0.3, -0.25) is 9.78 Å². The van der Waals surface area contributed by atoms with Crippen LogP contribution < -0.4 is 15.2 Å². The summed E-state index contributed by atoms with van der Waals surface area (Å²) in [6.45, 7) is 0. The number of methoxy groups -OCH3 is 1. The molecule has 2 unspecified atom stereocenters. The van der Waals surface area contributed by atoms with Gasteiger partial charge in [0.15, 0.2) is 0 Å². The maximum atomic E-state index is 13.4. The molecule has 3 heterocycles. The molecule has 0 spiro atoms. The van der Waals surface area contributed by atoms with Crippen LogP contribution in [0.25, 0.3) is 0 Å². The van der Waals surface area contributed by atoms with Crippen molar-refractivity contribution in [3.8, 4) is 11.5 Å². The Morgan fingerprint density at radius 2 is 1.79 bits per heavy atom. The Hall–Kier alpha value is -2.65. The highest BCUT2D eigenvalue weighted by Crippen LogP contribution is 2.41. The Morgan fingerprint density at radius 1 is 1.14 bits per heavy atom. The van der Waals surface area contributed by atoms with Crippen molar-refractivity contribution < 1.29 is 22.7 Å². The molecule has 2 saturated heterocycles. The molecular weight excluding hydrogens is 394 g/mol. The number of hydrogen-bond acceptors (Lipinski definition) is 6. The maximum Gasteiger partial charge on any atom is 0.252 e. The van der Waals surface area contributed by atoms with Crippen LogP contribution in [0.1, 0.15) is 36.0 Å². The number of pyridine rings is 1. The zero-order chi connectivity index (χ0) is 20.6. The Morgan fingerprint density at radius 3 is 2.38 bits per heavy atom. The van der Waals surface area contributed by atoms with Gasteiger partial charge in [-0.25, -0.2) is 8.42 Å². The van der Waals surface area contributed by atoms with E-state index in [1.807, 2.05) is 0 Å². The Kier molecular flexibility index (Phi) is 5.18. The van der Waals surface area contributed by atoms with Gasteiger partial charge in [0, 0.05) is 37.3 Å². The number of amides is 1. The van der Waals surface area contributed by atoms with Crippen LogP contribution in [-0.4, -0.2) is 48.9 Å². The average molecular weight is 417 g/mol. The number of carbonyl (C=O) groups excluding carboxylic acids is 1. The Bertz CT molecular complexity index is 998. The fourth-order valence-electron chi connectivity index (χ4n) is 4.34. The van der Waals surface area contributed by atoms with Gasteiger partial charge in [-0.15, -0.1) is 0 Å². The minimum Gasteiger partial charge on any atom is -0.496 e. The van der Waals surface area contributed by atoms with Crippen molar-refractivity contribution in [1.82, 2.24) is 9.29 Å². The smallest absolute Gasteiger partial charge is 0.252 e. The van der Waals surface area contributed by atoms with Crippen LogP contribution in [0, 0.1) is 0 Å². The van der Waals surface area contributed by atoms with Crippen LogP contribution in [0.2, 0.25) is 0 Å². The SMILES string of the molecule is COc1ccc(S(=O)(=O)N2C3CCC2CC(Oc2ccncc2)C3)cc1C(N)=O. The monoisotopic (exact) mass is 417 g/mol. The molecule has 1 aromatic heterocycles. The first-order chi connectivity index (χ1) is 13.9. The lowest BCUT2D eigenvalue weighted by molar-refractivity contribution is 0.0956. The first kappa shape index (κ1) is 19.7. The molecule has 9 heteroatoms. The molecule has 2 N–H and O–H groups in total. The van der Waals surface area contributed by atoms with Crippen LogP contribution in [0.4, 0.5) is 0 Å². The van der Waals surface area contributed by atoms with E-state index in [0.29, 0.717) is 12.8 Å². The third-order valence-corrected chi connectivity index (χ3v) is 7.59. The molecule has 2 fully saturated rings. The molecule has 1 amide bonds. The summed E-state index contributed by atoms with van der Waals surface area (Å²) in [6, 6.07) is 7.56. The van der Waals surface area contributed by atoms with Crippen LogP contribution in [0.3, 0.4) is 0 Å². The number of piperidine rings is 1. The van der Waals surface area contributed by atoms with Crippen molar-refractivity contribution >= 4 is 15.9 Å². The van der Waals surface area contributed by atoms with Crippen LogP contribution in [-0.2, 0) is 10.0 Å².